The Morgan fingerprint density at radius 3 is 2.72 bits per heavy atom. The van der Waals surface area contributed by atoms with E-state index in [9.17, 15) is 5.11 Å². The van der Waals surface area contributed by atoms with Crippen LogP contribution in [0.3, 0.4) is 0 Å². The van der Waals surface area contributed by atoms with E-state index in [1.54, 1.807) is 13.8 Å². The smallest absolute Gasteiger partial charge is 0.123 e. The fraction of sp³-hybridized carbons (Fsp3) is 0.600. The second kappa shape index (κ2) is 5.72. The summed E-state index contributed by atoms with van der Waals surface area (Å²) in [5.74, 6) is 0.926. The minimum atomic E-state index is -0.665. The van der Waals surface area contributed by atoms with Gasteiger partial charge in [0.15, 0.2) is 0 Å². The lowest BCUT2D eigenvalue weighted by Crippen LogP contribution is -2.22. The molecule has 0 spiro atoms. The Morgan fingerprint density at radius 2 is 2.06 bits per heavy atom. The van der Waals surface area contributed by atoms with Crippen LogP contribution in [0, 0.1) is 0 Å². The molecule has 1 aromatic rings. The molecule has 0 aromatic heterocycles. The standard InChI is InChI=1S/C15H23NO2/c1-15(2,17)9-10-18-14-6-4-3-5-12(14)11-16-13-7-8-13/h3-6,13,16-17H,7-11H2,1-2H3. The maximum Gasteiger partial charge on any atom is 0.123 e. The van der Waals surface area contributed by atoms with Gasteiger partial charge in [0.2, 0.25) is 0 Å². The molecule has 1 saturated carbocycles. The van der Waals surface area contributed by atoms with Crippen LogP contribution >= 0.6 is 0 Å². The Kier molecular flexibility index (Phi) is 4.25. The minimum Gasteiger partial charge on any atom is -0.493 e. The van der Waals surface area contributed by atoms with Crippen molar-refractivity contribution in [1.29, 1.82) is 0 Å². The molecule has 0 atom stereocenters. The molecule has 3 nitrogen and oxygen atoms in total. The van der Waals surface area contributed by atoms with Crippen molar-refractivity contribution in [3.05, 3.63) is 29.8 Å². The summed E-state index contributed by atoms with van der Waals surface area (Å²) in [6, 6.07) is 8.81. The normalized spacial score (nSPS) is 15.7. The van der Waals surface area contributed by atoms with Crippen molar-refractivity contribution in [1.82, 2.24) is 5.32 Å². The molecule has 100 valence electrons. The van der Waals surface area contributed by atoms with Crippen molar-refractivity contribution in [2.45, 2.75) is 51.3 Å². The average molecular weight is 249 g/mol. The summed E-state index contributed by atoms with van der Waals surface area (Å²) in [4.78, 5) is 0. The summed E-state index contributed by atoms with van der Waals surface area (Å²) in [6.45, 7) is 5.02. The molecule has 18 heavy (non-hydrogen) atoms. The molecule has 0 radical (unpaired) electrons. The zero-order valence-corrected chi connectivity index (χ0v) is 11.3. The molecule has 0 unspecified atom stereocenters. The zero-order chi connectivity index (χ0) is 13.0. The van der Waals surface area contributed by atoms with Gasteiger partial charge in [-0.1, -0.05) is 18.2 Å². The van der Waals surface area contributed by atoms with Crippen LogP contribution in [0.2, 0.25) is 0 Å². The number of hydrogen-bond acceptors (Lipinski definition) is 3. The first-order chi connectivity index (χ1) is 8.54. The predicted molar refractivity (Wildman–Crippen MR) is 72.7 cm³/mol. The predicted octanol–water partition coefficient (Wildman–Crippen LogP) is 2.48. The zero-order valence-electron chi connectivity index (χ0n) is 11.3. The van der Waals surface area contributed by atoms with E-state index < -0.39 is 5.60 Å². The minimum absolute atomic E-state index is 0.546. The second-order valence-corrected chi connectivity index (χ2v) is 5.67. The summed E-state index contributed by atoms with van der Waals surface area (Å²) >= 11 is 0. The fourth-order valence-electron chi connectivity index (χ4n) is 1.74. The Morgan fingerprint density at radius 1 is 1.33 bits per heavy atom. The van der Waals surface area contributed by atoms with Gasteiger partial charge < -0.3 is 15.2 Å². The molecule has 0 saturated heterocycles. The third-order valence-corrected chi connectivity index (χ3v) is 3.10. The van der Waals surface area contributed by atoms with Crippen LogP contribution in [0.15, 0.2) is 24.3 Å². The lowest BCUT2D eigenvalue weighted by atomic mass is 10.1. The first kappa shape index (κ1) is 13.4. The lowest BCUT2D eigenvalue weighted by Gasteiger charge is -2.18. The van der Waals surface area contributed by atoms with Crippen LogP contribution in [-0.4, -0.2) is 23.4 Å². The number of para-hydroxylation sites is 1. The topological polar surface area (TPSA) is 41.5 Å². The summed E-state index contributed by atoms with van der Waals surface area (Å²) in [6.07, 6.45) is 3.22. The van der Waals surface area contributed by atoms with Gasteiger partial charge in [-0.15, -0.1) is 0 Å². The maximum atomic E-state index is 9.66. The van der Waals surface area contributed by atoms with Gasteiger partial charge in [-0.2, -0.15) is 0 Å². The van der Waals surface area contributed by atoms with Crippen LogP contribution in [0.4, 0.5) is 0 Å². The summed E-state index contributed by atoms with van der Waals surface area (Å²) in [7, 11) is 0. The molecule has 2 N–H and O–H groups in total. The largest absolute Gasteiger partial charge is 0.493 e. The number of rotatable bonds is 7. The number of hydrogen-bond donors (Lipinski definition) is 2. The third-order valence-electron chi connectivity index (χ3n) is 3.10. The molecule has 1 fully saturated rings. The summed E-state index contributed by atoms with van der Waals surface area (Å²) in [5.41, 5.74) is 0.529. The quantitative estimate of drug-likeness (QED) is 0.780. The highest BCUT2D eigenvalue weighted by molar-refractivity contribution is 5.33. The number of aliphatic hydroxyl groups is 1. The third kappa shape index (κ3) is 4.67. The van der Waals surface area contributed by atoms with Gasteiger partial charge >= 0.3 is 0 Å². The Balaban J connectivity index is 1.85. The molecule has 0 amide bonds. The SMILES string of the molecule is CC(C)(O)CCOc1ccccc1CNC1CC1. The highest BCUT2D eigenvalue weighted by atomic mass is 16.5. The molecule has 3 heteroatoms. The number of nitrogens with one attached hydrogen (secondary N) is 1. The number of ether oxygens (including phenoxy) is 1. The molecule has 0 bridgehead atoms. The highest BCUT2D eigenvalue weighted by Gasteiger charge is 2.20. The van der Waals surface area contributed by atoms with Crippen molar-refractivity contribution in [3.63, 3.8) is 0 Å². The summed E-state index contributed by atoms with van der Waals surface area (Å²) in [5, 5.41) is 13.1. The molecule has 0 heterocycles. The molecule has 2 rings (SSSR count). The second-order valence-electron chi connectivity index (χ2n) is 5.67. The first-order valence-electron chi connectivity index (χ1n) is 6.71. The molecule has 0 aliphatic heterocycles. The first-order valence-corrected chi connectivity index (χ1v) is 6.71. The Hall–Kier alpha value is -1.06. The molecule has 1 aromatic carbocycles. The van der Waals surface area contributed by atoms with E-state index in [0.29, 0.717) is 19.1 Å². The van der Waals surface area contributed by atoms with Gasteiger partial charge in [-0.25, -0.2) is 0 Å². The van der Waals surface area contributed by atoms with Crippen LogP contribution in [0.1, 0.15) is 38.7 Å². The Labute approximate surface area is 109 Å². The lowest BCUT2D eigenvalue weighted by molar-refractivity contribution is 0.0552. The van der Waals surface area contributed by atoms with E-state index in [4.69, 9.17) is 4.74 Å². The average Bonchev–Trinajstić information content (AvgIpc) is 3.10. The van der Waals surface area contributed by atoms with Crippen LogP contribution in [0.5, 0.6) is 5.75 Å². The highest BCUT2D eigenvalue weighted by Crippen LogP contribution is 2.23. The van der Waals surface area contributed by atoms with Gasteiger partial charge in [0.1, 0.15) is 5.75 Å². The van der Waals surface area contributed by atoms with Crippen molar-refractivity contribution in [3.8, 4) is 5.75 Å². The van der Waals surface area contributed by atoms with Crippen LogP contribution in [-0.2, 0) is 6.54 Å². The van der Waals surface area contributed by atoms with E-state index in [2.05, 4.69) is 11.4 Å². The molecular formula is C15H23NO2. The van der Waals surface area contributed by atoms with Crippen LogP contribution in [0.25, 0.3) is 0 Å². The van der Waals surface area contributed by atoms with E-state index in [1.165, 1.54) is 18.4 Å². The van der Waals surface area contributed by atoms with Gasteiger partial charge in [0, 0.05) is 24.6 Å². The molecule has 1 aliphatic carbocycles. The molecule has 1 aliphatic rings. The van der Waals surface area contributed by atoms with Crippen molar-refractivity contribution in [2.24, 2.45) is 0 Å². The fourth-order valence-corrected chi connectivity index (χ4v) is 1.74. The van der Waals surface area contributed by atoms with Crippen molar-refractivity contribution in [2.75, 3.05) is 6.61 Å². The van der Waals surface area contributed by atoms with E-state index in [0.717, 1.165) is 12.3 Å². The van der Waals surface area contributed by atoms with Crippen LogP contribution < -0.4 is 10.1 Å². The number of benzene rings is 1. The molecular weight excluding hydrogens is 226 g/mol. The van der Waals surface area contributed by atoms with E-state index in [1.807, 2.05) is 18.2 Å². The van der Waals surface area contributed by atoms with Crippen molar-refractivity contribution >= 4 is 0 Å². The van der Waals surface area contributed by atoms with E-state index >= 15 is 0 Å². The maximum absolute atomic E-state index is 9.66. The van der Waals surface area contributed by atoms with Gasteiger partial charge in [-0.3, -0.25) is 0 Å². The van der Waals surface area contributed by atoms with Gasteiger partial charge in [0.25, 0.3) is 0 Å². The van der Waals surface area contributed by atoms with Gasteiger partial charge in [0.05, 0.1) is 12.2 Å². The van der Waals surface area contributed by atoms with Crippen molar-refractivity contribution < 1.29 is 9.84 Å². The van der Waals surface area contributed by atoms with Gasteiger partial charge in [-0.05, 0) is 32.8 Å². The summed E-state index contributed by atoms with van der Waals surface area (Å²) < 4.78 is 5.77. The Bertz CT molecular complexity index is 380. The van der Waals surface area contributed by atoms with E-state index in [-0.39, 0.29) is 0 Å². The monoisotopic (exact) mass is 249 g/mol.